The number of nitro groups is 1. The maximum atomic E-state index is 13.5. The monoisotopic (exact) mass is 700 g/mol. The Kier molecular flexibility index (Phi) is 9.94. The zero-order valence-electron chi connectivity index (χ0n) is 24.1. The molecule has 4 amide bonds. The molecular formula is C33H25BrN4O7S. The van der Waals surface area contributed by atoms with Crippen LogP contribution in [0.2, 0.25) is 0 Å². The molecule has 11 nitrogen and oxygen atoms in total. The van der Waals surface area contributed by atoms with Crippen molar-refractivity contribution in [2.75, 3.05) is 17.3 Å². The first-order valence-corrected chi connectivity index (χ1v) is 15.4. The van der Waals surface area contributed by atoms with Gasteiger partial charge >= 0.3 is 0 Å². The minimum absolute atomic E-state index is 0.0217. The van der Waals surface area contributed by atoms with Crippen molar-refractivity contribution >= 4 is 74.5 Å². The number of ether oxygens (including phenoxy) is 1. The smallest absolute Gasteiger partial charge is 0.272 e. The van der Waals surface area contributed by atoms with Crippen LogP contribution in [0.15, 0.2) is 112 Å². The lowest BCUT2D eigenvalue weighted by atomic mass is 10.1. The predicted molar refractivity (Wildman–Crippen MR) is 178 cm³/mol. The number of benzene rings is 4. The number of imide groups is 1. The van der Waals surface area contributed by atoms with Crippen LogP contribution in [0.4, 0.5) is 17.1 Å². The Hall–Kier alpha value is -5.27. The third-order valence-corrected chi connectivity index (χ3v) is 8.64. The van der Waals surface area contributed by atoms with Crippen LogP contribution >= 0.6 is 27.7 Å². The number of hydrogen-bond acceptors (Lipinski definition) is 8. The molecular weight excluding hydrogens is 676 g/mol. The van der Waals surface area contributed by atoms with Crippen molar-refractivity contribution in [2.45, 2.75) is 16.6 Å². The number of nitrogens with zero attached hydrogens (tertiary/aromatic N) is 2. The molecule has 0 aromatic heterocycles. The van der Waals surface area contributed by atoms with Crippen LogP contribution in [0, 0.1) is 10.1 Å². The third-order valence-electron chi connectivity index (χ3n) is 6.81. The summed E-state index contributed by atoms with van der Waals surface area (Å²) in [6.07, 6.45) is 1.46. The van der Waals surface area contributed by atoms with Crippen molar-refractivity contribution in [2.24, 2.45) is 0 Å². The Labute approximate surface area is 275 Å². The molecule has 13 heteroatoms. The largest absolute Gasteiger partial charge is 0.496 e. The fraction of sp³-hybridized carbons (Fsp3) is 0.0909. The van der Waals surface area contributed by atoms with Gasteiger partial charge in [-0.25, -0.2) is 4.90 Å². The molecule has 1 aliphatic rings. The molecule has 0 saturated carbocycles. The Morgan fingerprint density at radius 2 is 1.74 bits per heavy atom. The van der Waals surface area contributed by atoms with Crippen molar-refractivity contribution in [1.29, 1.82) is 0 Å². The zero-order chi connectivity index (χ0) is 32.8. The molecule has 1 fully saturated rings. The van der Waals surface area contributed by atoms with Crippen LogP contribution in [-0.4, -0.2) is 40.9 Å². The van der Waals surface area contributed by atoms with Crippen molar-refractivity contribution in [3.05, 3.63) is 128 Å². The molecule has 1 aliphatic heterocycles. The van der Waals surface area contributed by atoms with Crippen molar-refractivity contribution in [3.63, 3.8) is 0 Å². The molecule has 1 atom stereocenters. The van der Waals surface area contributed by atoms with Crippen LogP contribution in [-0.2, 0) is 14.4 Å². The number of anilines is 2. The highest BCUT2D eigenvalue weighted by molar-refractivity contribution is 9.10. The van der Waals surface area contributed by atoms with Crippen LogP contribution in [0.5, 0.6) is 5.75 Å². The van der Waals surface area contributed by atoms with Gasteiger partial charge in [0.2, 0.25) is 11.8 Å². The van der Waals surface area contributed by atoms with Gasteiger partial charge in [-0.2, -0.15) is 0 Å². The minimum Gasteiger partial charge on any atom is -0.496 e. The van der Waals surface area contributed by atoms with E-state index in [1.165, 1.54) is 37.5 Å². The zero-order valence-corrected chi connectivity index (χ0v) is 26.5. The highest BCUT2D eigenvalue weighted by Gasteiger charge is 2.40. The fourth-order valence-corrected chi connectivity index (χ4v) is 6.10. The molecule has 232 valence electrons. The molecule has 0 spiro atoms. The summed E-state index contributed by atoms with van der Waals surface area (Å²) in [6.45, 7) is 0. The van der Waals surface area contributed by atoms with Gasteiger partial charge in [0.05, 0.1) is 27.4 Å². The maximum absolute atomic E-state index is 13.5. The molecule has 2 N–H and O–H groups in total. The van der Waals surface area contributed by atoms with Gasteiger partial charge < -0.3 is 15.4 Å². The molecule has 5 rings (SSSR count). The van der Waals surface area contributed by atoms with E-state index < -0.39 is 33.8 Å². The molecule has 0 bridgehead atoms. The summed E-state index contributed by atoms with van der Waals surface area (Å²) in [5.74, 6) is -1.40. The van der Waals surface area contributed by atoms with Gasteiger partial charge in [-0.3, -0.25) is 29.3 Å². The van der Waals surface area contributed by atoms with Gasteiger partial charge in [-0.05, 0) is 82.2 Å². The predicted octanol–water partition coefficient (Wildman–Crippen LogP) is 6.20. The summed E-state index contributed by atoms with van der Waals surface area (Å²) in [7, 11) is 1.52. The van der Waals surface area contributed by atoms with E-state index in [-0.39, 0.29) is 23.5 Å². The molecule has 1 saturated heterocycles. The van der Waals surface area contributed by atoms with E-state index in [2.05, 4.69) is 26.6 Å². The lowest BCUT2D eigenvalue weighted by Gasteiger charge is -2.15. The molecule has 0 radical (unpaired) electrons. The van der Waals surface area contributed by atoms with Crippen LogP contribution < -0.4 is 20.3 Å². The molecule has 0 aliphatic carbocycles. The number of halogens is 1. The number of methoxy groups -OCH3 is 1. The second kappa shape index (κ2) is 14.2. The number of thioether (sulfide) groups is 1. The molecule has 46 heavy (non-hydrogen) atoms. The maximum Gasteiger partial charge on any atom is 0.272 e. The van der Waals surface area contributed by atoms with Gasteiger partial charge in [0.15, 0.2) is 0 Å². The summed E-state index contributed by atoms with van der Waals surface area (Å²) in [6, 6.07) is 25.7. The number of hydrogen-bond donors (Lipinski definition) is 2. The first-order valence-electron chi connectivity index (χ1n) is 13.7. The lowest BCUT2D eigenvalue weighted by Crippen LogP contribution is -2.31. The normalized spacial score (nSPS) is 14.6. The number of carbonyl (C=O) groups excluding carboxylic acids is 4. The van der Waals surface area contributed by atoms with Gasteiger partial charge in [0.1, 0.15) is 11.4 Å². The number of nitrogens with one attached hydrogen (secondary N) is 2. The SMILES string of the molecule is COc1cc(/C=C(/NC(=O)c2ccccc2)C(=O)Nc2cccc(S[C@@H]3CC(=O)N(c4ccc([N+](=O)[O-])cc4)C3=O)c2)ccc1Br. The average molecular weight is 702 g/mol. The van der Waals surface area contributed by atoms with Gasteiger partial charge in [0, 0.05) is 34.7 Å². The summed E-state index contributed by atoms with van der Waals surface area (Å²) in [5.41, 5.74) is 1.45. The average Bonchev–Trinajstić information content (AvgIpc) is 3.33. The van der Waals surface area contributed by atoms with Gasteiger partial charge in [0.25, 0.3) is 17.5 Å². The topological polar surface area (TPSA) is 148 Å². The summed E-state index contributed by atoms with van der Waals surface area (Å²) in [5, 5.41) is 15.7. The Morgan fingerprint density at radius 1 is 1.00 bits per heavy atom. The highest BCUT2D eigenvalue weighted by atomic mass is 79.9. The quantitative estimate of drug-likeness (QED) is 0.0860. The summed E-state index contributed by atoms with van der Waals surface area (Å²) >= 11 is 4.57. The second-order valence-corrected chi connectivity index (χ2v) is 12.0. The van der Waals surface area contributed by atoms with Crippen LogP contribution in [0.1, 0.15) is 22.3 Å². The van der Waals surface area contributed by atoms with E-state index in [4.69, 9.17) is 4.74 Å². The number of non-ortho nitro benzene ring substituents is 1. The molecule has 0 unspecified atom stereocenters. The lowest BCUT2D eigenvalue weighted by molar-refractivity contribution is -0.384. The van der Waals surface area contributed by atoms with E-state index in [0.717, 1.165) is 21.1 Å². The van der Waals surface area contributed by atoms with Crippen molar-refractivity contribution < 1.29 is 28.8 Å². The van der Waals surface area contributed by atoms with E-state index in [9.17, 15) is 29.3 Å². The first-order chi connectivity index (χ1) is 22.1. The summed E-state index contributed by atoms with van der Waals surface area (Å²) in [4.78, 5) is 64.5. The number of carbonyl (C=O) groups is 4. The van der Waals surface area contributed by atoms with Gasteiger partial charge in [-0.1, -0.05) is 30.3 Å². The number of amides is 4. The van der Waals surface area contributed by atoms with E-state index in [1.54, 1.807) is 72.8 Å². The Bertz CT molecular complexity index is 1870. The number of rotatable bonds is 10. The first kappa shape index (κ1) is 32.1. The highest BCUT2D eigenvalue weighted by Crippen LogP contribution is 2.35. The Balaban J connectivity index is 1.33. The standard InChI is InChI=1S/C33H25BrN4O7S/c1-45-28-17-20(10-15-26(28)34)16-27(36-31(40)21-6-3-2-4-7-21)32(41)35-22-8-5-9-25(18-22)46-29-19-30(39)37(33(29)42)23-11-13-24(14-12-23)38(43)44/h2-18,29H,19H2,1H3,(H,35,41)(H,36,40)/b27-16+/t29-/m1/s1. The minimum atomic E-state index is -0.735. The Morgan fingerprint density at radius 3 is 2.43 bits per heavy atom. The third kappa shape index (κ3) is 7.50. The number of nitro benzene ring substituents is 1. The van der Waals surface area contributed by atoms with E-state index in [0.29, 0.717) is 27.5 Å². The van der Waals surface area contributed by atoms with Crippen molar-refractivity contribution in [3.8, 4) is 5.75 Å². The molecule has 4 aromatic rings. The van der Waals surface area contributed by atoms with E-state index in [1.807, 2.05) is 0 Å². The second-order valence-electron chi connectivity index (χ2n) is 9.91. The van der Waals surface area contributed by atoms with Crippen LogP contribution in [0.3, 0.4) is 0 Å². The van der Waals surface area contributed by atoms with E-state index >= 15 is 0 Å². The molecule has 4 aromatic carbocycles. The summed E-state index contributed by atoms with van der Waals surface area (Å²) < 4.78 is 6.08. The van der Waals surface area contributed by atoms with Crippen LogP contribution in [0.25, 0.3) is 6.08 Å². The van der Waals surface area contributed by atoms with Gasteiger partial charge in [-0.15, -0.1) is 11.8 Å². The molecule has 1 heterocycles. The fourth-order valence-electron chi connectivity index (χ4n) is 4.58. The van der Waals surface area contributed by atoms with Crippen molar-refractivity contribution in [1.82, 2.24) is 5.32 Å².